The summed E-state index contributed by atoms with van der Waals surface area (Å²) in [4.78, 5) is 10.9. The van der Waals surface area contributed by atoms with E-state index in [1.54, 1.807) is 13.3 Å². The van der Waals surface area contributed by atoms with Crippen molar-refractivity contribution in [2.45, 2.75) is 46.3 Å². The topological polar surface area (TPSA) is 35.5 Å². The van der Waals surface area contributed by atoms with E-state index in [4.69, 9.17) is 9.47 Å². The van der Waals surface area contributed by atoms with Gasteiger partial charge in [-0.3, -0.25) is 0 Å². The first-order valence-corrected chi connectivity index (χ1v) is 4.26. The molecule has 0 N–H and O–H groups in total. The van der Waals surface area contributed by atoms with Crippen molar-refractivity contribution >= 4 is 6.16 Å². The summed E-state index contributed by atoms with van der Waals surface area (Å²) in [7, 11) is 0. The molecule has 0 fully saturated rings. The zero-order chi connectivity index (χ0) is 9.56. The third-order valence-electron chi connectivity index (χ3n) is 1.62. The predicted molar refractivity (Wildman–Crippen MR) is 46.8 cm³/mol. The summed E-state index contributed by atoms with van der Waals surface area (Å²) >= 11 is 0. The summed E-state index contributed by atoms with van der Waals surface area (Å²) in [5.74, 6) is 0. The van der Waals surface area contributed by atoms with Gasteiger partial charge < -0.3 is 9.47 Å². The maximum Gasteiger partial charge on any atom is 0.508 e. The van der Waals surface area contributed by atoms with E-state index in [-0.39, 0.29) is 12.2 Å². The zero-order valence-electron chi connectivity index (χ0n) is 8.16. The van der Waals surface area contributed by atoms with Gasteiger partial charge in [0.1, 0.15) is 12.2 Å². The summed E-state index contributed by atoms with van der Waals surface area (Å²) in [6, 6.07) is 0. The van der Waals surface area contributed by atoms with Gasteiger partial charge >= 0.3 is 6.16 Å². The van der Waals surface area contributed by atoms with Crippen molar-refractivity contribution in [1.82, 2.24) is 0 Å². The fourth-order valence-electron chi connectivity index (χ4n) is 0.495. The first kappa shape index (κ1) is 11.3. The van der Waals surface area contributed by atoms with Crippen LogP contribution in [0.15, 0.2) is 0 Å². The lowest BCUT2D eigenvalue weighted by molar-refractivity contribution is 0.0141. The minimum absolute atomic E-state index is 0.0680. The fraction of sp³-hybridized carbons (Fsp3) is 0.778. The van der Waals surface area contributed by atoms with Gasteiger partial charge in [-0.2, -0.15) is 0 Å². The molecule has 71 valence electrons. The molecule has 0 aromatic rings. The Labute approximate surface area is 74.0 Å². The minimum atomic E-state index is -0.588. The van der Waals surface area contributed by atoms with E-state index in [2.05, 4.69) is 0 Å². The molecular weight excluding hydrogens is 156 g/mol. The van der Waals surface area contributed by atoms with Gasteiger partial charge in [0.05, 0.1) is 0 Å². The molecular formula is C9H17O3. The van der Waals surface area contributed by atoms with Crippen LogP contribution in [-0.4, -0.2) is 18.4 Å². The third-order valence-corrected chi connectivity index (χ3v) is 1.62. The van der Waals surface area contributed by atoms with Crippen LogP contribution in [0.1, 0.15) is 34.1 Å². The Kier molecular flexibility index (Phi) is 5.51. The lowest BCUT2D eigenvalue weighted by Gasteiger charge is -2.13. The number of hydrogen-bond acceptors (Lipinski definition) is 3. The molecule has 0 aromatic carbocycles. The normalized spacial score (nSPS) is 15.0. The molecule has 0 amide bonds. The Morgan fingerprint density at radius 3 is 2.42 bits per heavy atom. The van der Waals surface area contributed by atoms with Crippen molar-refractivity contribution in [2.75, 3.05) is 0 Å². The molecule has 3 nitrogen and oxygen atoms in total. The van der Waals surface area contributed by atoms with Crippen molar-refractivity contribution < 1.29 is 14.3 Å². The standard InChI is InChI=1S/C9H17O3/c1-5-7(3)11-9(10)12-8(4)6-2/h5,7-8H,6H2,1-4H3/t7-,8-/m0/s1. The highest BCUT2D eigenvalue weighted by Crippen LogP contribution is 2.02. The highest BCUT2D eigenvalue weighted by molar-refractivity contribution is 5.60. The van der Waals surface area contributed by atoms with E-state index in [0.29, 0.717) is 0 Å². The van der Waals surface area contributed by atoms with E-state index in [9.17, 15) is 4.79 Å². The molecule has 0 aliphatic carbocycles. The fourth-order valence-corrected chi connectivity index (χ4v) is 0.495. The number of carbonyl (C=O) groups excluding carboxylic acids is 1. The Morgan fingerprint density at radius 1 is 1.42 bits per heavy atom. The molecule has 2 atom stereocenters. The summed E-state index contributed by atoms with van der Waals surface area (Å²) in [6.07, 6.45) is 1.76. The van der Waals surface area contributed by atoms with Gasteiger partial charge in [-0.15, -0.1) is 0 Å². The molecule has 0 aliphatic rings. The summed E-state index contributed by atoms with van der Waals surface area (Å²) in [5.41, 5.74) is 0. The SMILES string of the molecule is C[CH][C@H](C)OC(=O)O[C@@H](C)CC. The molecule has 0 saturated heterocycles. The molecule has 1 radical (unpaired) electrons. The quantitative estimate of drug-likeness (QED) is 0.613. The van der Waals surface area contributed by atoms with Gasteiger partial charge in [0.25, 0.3) is 0 Å². The van der Waals surface area contributed by atoms with Crippen LogP contribution in [0.4, 0.5) is 4.79 Å². The van der Waals surface area contributed by atoms with Crippen LogP contribution in [0, 0.1) is 6.42 Å². The van der Waals surface area contributed by atoms with Crippen LogP contribution in [0.2, 0.25) is 0 Å². The second kappa shape index (κ2) is 5.86. The highest BCUT2D eigenvalue weighted by Gasteiger charge is 2.11. The Morgan fingerprint density at radius 2 is 2.00 bits per heavy atom. The van der Waals surface area contributed by atoms with Crippen molar-refractivity contribution in [2.24, 2.45) is 0 Å². The van der Waals surface area contributed by atoms with E-state index < -0.39 is 6.16 Å². The van der Waals surface area contributed by atoms with Crippen LogP contribution >= 0.6 is 0 Å². The van der Waals surface area contributed by atoms with E-state index in [1.165, 1.54) is 0 Å². The number of ether oxygens (including phenoxy) is 2. The van der Waals surface area contributed by atoms with Crippen molar-refractivity contribution in [3.05, 3.63) is 6.42 Å². The molecule has 0 spiro atoms. The average Bonchev–Trinajstić information content (AvgIpc) is 2.03. The van der Waals surface area contributed by atoms with E-state index in [0.717, 1.165) is 6.42 Å². The first-order chi connectivity index (χ1) is 5.60. The molecule has 0 aromatic heterocycles. The van der Waals surface area contributed by atoms with Crippen LogP contribution in [-0.2, 0) is 9.47 Å². The largest absolute Gasteiger partial charge is 0.508 e. The Bertz CT molecular complexity index is 120. The summed E-state index contributed by atoms with van der Waals surface area (Å²) < 4.78 is 9.75. The van der Waals surface area contributed by atoms with Gasteiger partial charge in [-0.25, -0.2) is 4.79 Å². The Balaban J connectivity index is 3.59. The van der Waals surface area contributed by atoms with Gasteiger partial charge in [0.2, 0.25) is 0 Å². The second-order valence-electron chi connectivity index (χ2n) is 2.74. The van der Waals surface area contributed by atoms with Gasteiger partial charge in [0.15, 0.2) is 0 Å². The predicted octanol–water partition coefficient (Wildman–Crippen LogP) is 2.55. The van der Waals surface area contributed by atoms with Crippen LogP contribution in [0.25, 0.3) is 0 Å². The molecule has 0 rings (SSSR count). The number of rotatable bonds is 4. The number of carbonyl (C=O) groups is 1. The summed E-state index contributed by atoms with van der Waals surface area (Å²) in [5, 5.41) is 0. The van der Waals surface area contributed by atoms with Crippen molar-refractivity contribution in [1.29, 1.82) is 0 Å². The van der Waals surface area contributed by atoms with E-state index in [1.807, 2.05) is 20.8 Å². The van der Waals surface area contributed by atoms with Gasteiger partial charge in [-0.1, -0.05) is 13.8 Å². The molecule has 0 heterocycles. The highest BCUT2D eigenvalue weighted by atomic mass is 16.7. The molecule has 0 aliphatic heterocycles. The first-order valence-electron chi connectivity index (χ1n) is 4.26. The van der Waals surface area contributed by atoms with Gasteiger partial charge in [-0.05, 0) is 26.7 Å². The van der Waals surface area contributed by atoms with Crippen molar-refractivity contribution in [3.63, 3.8) is 0 Å². The lowest BCUT2D eigenvalue weighted by atomic mass is 10.3. The smallest absolute Gasteiger partial charge is 0.431 e. The second-order valence-corrected chi connectivity index (χ2v) is 2.74. The maximum atomic E-state index is 10.9. The van der Waals surface area contributed by atoms with Crippen molar-refractivity contribution in [3.8, 4) is 0 Å². The van der Waals surface area contributed by atoms with Crippen LogP contribution in [0.3, 0.4) is 0 Å². The third kappa shape index (κ3) is 4.99. The molecule has 12 heavy (non-hydrogen) atoms. The van der Waals surface area contributed by atoms with Gasteiger partial charge in [0, 0.05) is 0 Å². The average molecular weight is 173 g/mol. The molecule has 3 heteroatoms. The van der Waals surface area contributed by atoms with Crippen LogP contribution in [0.5, 0.6) is 0 Å². The van der Waals surface area contributed by atoms with Crippen LogP contribution < -0.4 is 0 Å². The Hall–Kier alpha value is -0.730. The zero-order valence-corrected chi connectivity index (χ0v) is 8.16. The monoisotopic (exact) mass is 173 g/mol. The van der Waals surface area contributed by atoms with E-state index >= 15 is 0 Å². The minimum Gasteiger partial charge on any atom is -0.431 e. The lowest BCUT2D eigenvalue weighted by Crippen LogP contribution is -2.19. The molecule has 0 unspecified atom stereocenters. The molecule has 0 saturated carbocycles. The maximum absolute atomic E-state index is 10.9. The number of hydrogen-bond donors (Lipinski definition) is 0. The molecule has 0 bridgehead atoms. The summed E-state index contributed by atoms with van der Waals surface area (Å²) in [6.45, 7) is 7.41.